The van der Waals surface area contributed by atoms with Crippen LogP contribution in [0.1, 0.15) is 33.3 Å². The minimum absolute atomic E-state index is 0.0304. The maximum Gasteiger partial charge on any atom is 0.264 e. The number of hydrogen-bond acceptors (Lipinski definition) is 6. The van der Waals surface area contributed by atoms with Gasteiger partial charge in [0.05, 0.1) is 17.2 Å². The molecule has 4 rings (SSSR count). The lowest BCUT2D eigenvalue weighted by atomic mass is 9.95. The number of hydrogen-bond donors (Lipinski definition) is 1. The van der Waals surface area contributed by atoms with Crippen LogP contribution in [0, 0.1) is 0 Å². The summed E-state index contributed by atoms with van der Waals surface area (Å²) in [5.41, 5.74) is 2.31. The van der Waals surface area contributed by atoms with E-state index in [-0.39, 0.29) is 12.5 Å². The highest BCUT2D eigenvalue weighted by Gasteiger charge is 2.32. The van der Waals surface area contributed by atoms with E-state index in [1.807, 2.05) is 24.0 Å². The zero-order valence-electron chi connectivity index (χ0n) is 16.2. The number of aliphatic hydroxyl groups is 1. The third kappa shape index (κ3) is 3.55. The van der Waals surface area contributed by atoms with Crippen LogP contribution in [0.3, 0.4) is 0 Å². The number of amides is 1. The van der Waals surface area contributed by atoms with Crippen molar-refractivity contribution in [3.05, 3.63) is 46.7 Å². The summed E-state index contributed by atoms with van der Waals surface area (Å²) in [6, 6.07) is 6.06. The van der Waals surface area contributed by atoms with Gasteiger partial charge in [-0.3, -0.25) is 14.4 Å². The first-order valence-corrected chi connectivity index (χ1v) is 10.3. The van der Waals surface area contributed by atoms with Crippen molar-refractivity contribution in [3.8, 4) is 0 Å². The summed E-state index contributed by atoms with van der Waals surface area (Å²) in [6.07, 6.45) is 4.62. The topological polar surface area (TPSA) is 74.5 Å². The van der Waals surface area contributed by atoms with Gasteiger partial charge in [0.25, 0.3) is 5.91 Å². The van der Waals surface area contributed by atoms with Gasteiger partial charge < -0.3 is 10.0 Å². The lowest BCUT2D eigenvalue weighted by molar-refractivity contribution is 0.0770. The van der Waals surface area contributed by atoms with Crippen LogP contribution in [-0.2, 0) is 13.6 Å². The predicted molar refractivity (Wildman–Crippen MR) is 110 cm³/mol. The van der Waals surface area contributed by atoms with Crippen molar-refractivity contribution in [2.24, 2.45) is 7.05 Å². The maximum atomic E-state index is 13.0. The number of aliphatic hydroxyl groups excluding tert-OH is 1. The zero-order chi connectivity index (χ0) is 19.7. The quantitative estimate of drug-likeness (QED) is 0.687. The minimum Gasteiger partial charge on any atom is -0.395 e. The zero-order valence-corrected chi connectivity index (χ0v) is 17.0. The first-order chi connectivity index (χ1) is 13.6. The monoisotopic (exact) mass is 399 g/mol. The summed E-state index contributed by atoms with van der Waals surface area (Å²) >= 11 is 1.47. The standard InChI is InChI=1S/C20H25N5O2S/c1-23(10-11-26)20(27)18-17(16-4-3-7-21-19(16)28-18)14-6-9-25(12-14)13-15-5-8-22-24(15)2/h3-5,7-8,14,26H,6,9-13H2,1-2H3. The second kappa shape index (κ2) is 7.98. The van der Waals surface area contributed by atoms with E-state index in [0.717, 1.165) is 46.7 Å². The second-order valence-electron chi connectivity index (χ2n) is 7.32. The molecule has 1 amide bonds. The third-order valence-corrected chi connectivity index (χ3v) is 6.59. The Labute approximate surface area is 168 Å². The first-order valence-electron chi connectivity index (χ1n) is 9.51. The van der Waals surface area contributed by atoms with Crippen molar-refractivity contribution in [2.45, 2.75) is 18.9 Å². The van der Waals surface area contributed by atoms with Crippen LogP contribution >= 0.6 is 11.3 Å². The molecule has 1 N–H and O–H groups in total. The first kappa shape index (κ1) is 19.0. The molecule has 1 aliphatic rings. The van der Waals surface area contributed by atoms with Crippen LogP contribution in [-0.4, -0.2) is 68.9 Å². The van der Waals surface area contributed by atoms with Gasteiger partial charge in [0.1, 0.15) is 4.83 Å². The molecule has 0 aromatic carbocycles. The largest absolute Gasteiger partial charge is 0.395 e. The molecule has 0 spiro atoms. The van der Waals surface area contributed by atoms with Crippen LogP contribution in [0.2, 0.25) is 0 Å². The summed E-state index contributed by atoms with van der Waals surface area (Å²) in [4.78, 5) is 23.2. The number of pyridine rings is 1. The average Bonchev–Trinajstić information content (AvgIpc) is 3.40. The summed E-state index contributed by atoms with van der Waals surface area (Å²) < 4.78 is 1.91. The van der Waals surface area contributed by atoms with Gasteiger partial charge in [-0.2, -0.15) is 5.10 Å². The molecule has 3 aromatic rings. The van der Waals surface area contributed by atoms with Crippen LogP contribution in [0.15, 0.2) is 30.6 Å². The number of likely N-dealkylation sites (tertiary alicyclic amines) is 1. The highest BCUT2D eigenvalue weighted by Crippen LogP contribution is 2.40. The van der Waals surface area contributed by atoms with Gasteiger partial charge >= 0.3 is 0 Å². The Morgan fingerprint density at radius 2 is 2.25 bits per heavy atom. The number of aryl methyl sites for hydroxylation is 1. The van der Waals surface area contributed by atoms with Crippen molar-refractivity contribution >= 4 is 27.5 Å². The summed E-state index contributed by atoms with van der Waals surface area (Å²) in [5.74, 6) is 0.268. The molecule has 0 aliphatic carbocycles. The lowest BCUT2D eigenvalue weighted by Gasteiger charge is -2.19. The van der Waals surface area contributed by atoms with E-state index < -0.39 is 0 Å². The fraction of sp³-hybridized carbons (Fsp3) is 0.450. The van der Waals surface area contributed by atoms with Crippen molar-refractivity contribution in [3.63, 3.8) is 0 Å². The maximum absolute atomic E-state index is 13.0. The van der Waals surface area contributed by atoms with Crippen LogP contribution < -0.4 is 0 Å². The molecule has 148 valence electrons. The summed E-state index contributed by atoms with van der Waals surface area (Å²) in [7, 11) is 3.71. The molecule has 1 aliphatic heterocycles. The number of aromatic nitrogens is 3. The van der Waals surface area contributed by atoms with E-state index in [1.165, 1.54) is 17.0 Å². The van der Waals surface area contributed by atoms with Gasteiger partial charge in [-0.25, -0.2) is 4.98 Å². The number of rotatable bonds is 6. The number of thiophene rings is 1. The molecule has 3 aromatic heterocycles. The van der Waals surface area contributed by atoms with Crippen LogP contribution in [0.4, 0.5) is 0 Å². The van der Waals surface area contributed by atoms with Gasteiger partial charge in [-0.15, -0.1) is 11.3 Å². The van der Waals surface area contributed by atoms with Gasteiger partial charge in [-0.1, -0.05) is 6.07 Å². The van der Waals surface area contributed by atoms with Crippen molar-refractivity contribution in [1.29, 1.82) is 0 Å². The fourth-order valence-electron chi connectivity index (χ4n) is 3.94. The van der Waals surface area contributed by atoms with Crippen LogP contribution in [0.25, 0.3) is 10.2 Å². The normalized spacial score (nSPS) is 17.5. The molecule has 0 saturated carbocycles. The van der Waals surface area contributed by atoms with Crippen molar-refractivity contribution in [1.82, 2.24) is 24.6 Å². The molecule has 1 atom stereocenters. The Morgan fingerprint density at radius 1 is 1.39 bits per heavy atom. The molecule has 7 nitrogen and oxygen atoms in total. The Morgan fingerprint density at radius 3 is 3.00 bits per heavy atom. The molecule has 1 saturated heterocycles. The predicted octanol–water partition coefficient (Wildman–Crippen LogP) is 2.08. The molecular weight excluding hydrogens is 374 g/mol. The Bertz CT molecular complexity index is 982. The lowest BCUT2D eigenvalue weighted by Crippen LogP contribution is -2.30. The van der Waals surface area contributed by atoms with Gasteiger partial charge in [-0.05, 0) is 30.7 Å². The van der Waals surface area contributed by atoms with Gasteiger partial charge in [0, 0.05) is 57.4 Å². The van der Waals surface area contributed by atoms with Crippen LogP contribution in [0.5, 0.6) is 0 Å². The number of carbonyl (C=O) groups excluding carboxylic acids is 1. The molecule has 8 heteroatoms. The smallest absolute Gasteiger partial charge is 0.264 e. The highest BCUT2D eigenvalue weighted by molar-refractivity contribution is 7.20. The minimum atomic E-state index is -0.0391. The molecule has 0 bridgehead atoms. The Hall–Kier alpha value is -2.29. The molecule has 28 heavy (non-hydrogen) atoms. The summed E-state index contributed by atoms with van der Waals surface area (Å²) in [6.45, 7) is 3.06. The SMILES string of the molecule is CN(CCO)C(=O)c1sc2ncccc2c1C1CCN(Cc2ccnn2C)C1. The van der Waals surface area contributed by atoms with Gasteiger partial charge in [0.15, 0.2) is 0 Å². The fourth-order valence-corrected chi connectivity index (χ4v) is 5.16. The van der Waals surface area contributed by atoms with Gasteiger partial charge in [0.2, 0.25) is 0 Å². The van der Waals surface area contributed by atoms with E-state index in [1.54, 1.807) is 18.1 Å². The molecule has 4 heterocycles. The van der Waals surface area contributed by atoms with Crippen molar-refractivity contribution in [2.75, 3.05) is 33.3 Å². The molecule has 1 unspecified atom stereocenters. The molecule has 1 fully saturated rings. The van der Waals surface area contributed by atoms with E-state index in [2.05, 4.69) is 27.1 Å². The number of carbonyl (C=O) groups is 1. The molecule has 0 radical (unpaired) electrons. The van der Waals surface area contributed by atoms with E-state index >= 15 is 0 Å². The van der Waals surface area contributed by atoms with E-state index in [9.17, 15) is 9.90 Å². The van der Waals surface area contributed by atoms with Crippen molar-refractivity contribution < 1.29 is 9.90 Å². The molecular formula is C20H25N5O2S. The Kier molecular flexibility index (Phi) is 5.43. The number of fused-ring (bicyclic) bond motifs is 1. The third-order valence-electron chi connectivity index (χ3n) is 5.47. The second-order valence-corrected chi connectivity index (χ2v) is 8.32. The number of likely N-dealkylation sites (N-methyl/N-ethyl adjacent to an activating group) is 1. The van der Waals surface area contributed by atoms with E-state index in [4.69, 9.17) is 0 Å². The number of nitrogens with zero attached hydrogens (tertiary/aromatic N) is 5. The Balaban J connectivity index is 1.63. The van der Waals surface area contributed by atoms with E-state index in [0.29, 0.717) is 12.5 Å². The summed E-state index contributed by atoms with van der Waals surface area (Å²) in [5, 5.41) is 14.6. The average molecular weight is 400 g/mol. The highest BCUT2D eigenvalue weighted by atomic mass is 32.1.